The van der Waals surface area contributed by atoms with Gasteiger partial charge in [-0.05, 0) is 93.6 Å². The molecule has 7 nitrogen and oxygen atoms in total. The molecule has 0 spiro atoms. The second-order valence-corrected chi connectivity index (χ2v) is 9.82. The van der Waals surface area contributed by atoms with E-state index in [9.17, 15) is 9.18 Å². The number of halogens is 1. The van der Waals surface area contributed by atoms with Crippen molar-refractivity contribution in [2.45, 2.75) is 18.9 Å². The predicted octanol–water partition coefficient (Wildman–Crippen LogP) is 5.92. The molecule has 1 aliphatic heterocycles. The number of hydrogen-bond acceptors (Lipinski definition) is 4. The number of benzene rings is 3. The Balaban J connectivity index is 1.20. The SMILES string of the molecule is CN1CCC(Nc2ccc(C(=O)Nc3cc(-c4cc5ccccc5n4-c4ccc(F)cc4)n[nH]3)cc2)CC1. The number of fused-ring (bicyclic) bond motifs is 1. The molecule has 0 unspecified atom stereocenters. The maximum absolute atomic E-state index is 13.6. The number of likely N-dealkylation sites (tertiary alicyclic amines) is 1. The minimum Gasteiger partial charge on any atom is -0.382 e. The van der Waals surface area contributed by atoms with Gasteiger partial charge < -0.3 is 20.1 Å². The number of aromatic amines is 1. The lowest BCUT2D eigenvalue weighted by Gasteiger charge is -2.30. The van der Waals surface area contributed by atoms with Gasteiger partial charge in [0.2, 0.25) is 0 Å². The zero-order valence-corrected chi connectivity index (χ0v) is 21.1. The Morgan fingerprint density at radius 3 is 2.47 bits per heavy atom. The zero-order valence-electron chi connectivity index (χ0n) is 21.1. The maximum Gasteiger partial charge on any atom is 0.256 e. The number of para-hydroxylation sites is 1. The molecule has 8 heteroatoms. The summed E-state index contributed by atoms with van der Waals surface area (Å²) in [6.07, 6.45) is 2.22. The van der Waals surface area contributed by atoms with Crippen molar-refractivity contribution in [2.75, 3.05) is 30.8 Å². The molecular weight excluding hydrogens is 479 g/mol. The van der Waals surface area contributed by atoms with Crippen LogP contribution < -0.4 is 10.6 Å². The summed E-state index contributed by atoms with van der Waals surface area (Å²) in [5.74, 6) is -0.0123. The van der Waals surface area contributed by atoms with Gasteiger partial charge in [-0.1, -0.05) is 18.2 Å². The molecule has 6 rings (SSSR count). The number of carbonyl (C=O) groups excluding carboxylic acids is 1. The molecule has 38 heavy (non-hydrogen) atoms. The van der Waals surface area contributed by atoms with Gasteiger partial charge in [0.05, 0.1) is 11.2 Å². The fourth-order valence-electron chi connectivity index (χ4n) is 5.03. The molecule has 0 aliphatic carbocycles. The van der Waals surface area contributed by atoms with Crippen LogP contribution in [-0.2, 0) is 0 Å². The standard InChI is InChI=1S/C30H29FN6O/c1-36-16-14-24(15-17-36)32-23-10-6-20(7-11-23)30(38)33-29-19-26(34-35-29)28-18-21-4-2-3-5-27(21)37(28)25-12-8-22(31)9-13-25/h2-13,18-19,24,32H,14-17H2,1H3,(H2,33,34,35,38). The van der Waals surface area contributed by atoms with Gasteiger partial charge in [0.25, 0.3) is 5.91 Å². The van der Waals surface area contributed by atoms with Gasteiger partial charge in [0.15, 0.2) is 0 Å². The molecule has 1 aliphatic rings. The summed E-state index contributed by atoms with van der Waals surface area (Å²) in [5, 5.41) is 14.9. The third kappa shape index (κ3) is 4.90. The summed E-state index contributed by atoms with van der Waals surface area (Å²) in [6, 6.07) is 26.2. The average Bonchev–Trinajstić information content (AvgIpc) is 3.55. The predicted molar refractivity (Wildman–Crippen MR) is 149 cm³/mol. The van der Waals surface area contributed by atoms with Crippen LogP contribution >= 0.6 is 0 Å². The van der Waals surface area contributed by atoms with Crippen LogP contribution in [0.3, 0.4) is 0 Å². The number of H-pyrrole nitrogens is 1. The van der Waals surface area contributed by atoms with Gasteiger partial charge >= 0.3 is 0 Å². The number of nitrogens with one attached hydrogen (secondary N) is 3. The van der Waals surface area contributed by atoms with Crippen molar-refractivity contribution in [3.05, 3.63) is 96.3 Å². The Kier molecular flexibility index (Phi) is 6.39. The molecule has 1 amide bonds. The summed E-state index contributed by atoms with van der Waals surface area (Å²) in [6.45, 7) is 2.18. The summed E-state index contributed by atoms with van der Waals surface area (Å²) in [7, 11) is 2.15. The van der Waals surface area contributed by atoms with E-state index >= 15 is 0 Å². The van der Waals surface area contributed by atoms with Crippen LogP contribution in [0.5, 0.6) is 0 Å². The zero-order chi connectivity index (χ0) is 26.1. The molecule has 3 heterocycles. The van der Waals surface area contributed by atoms with Crippen LogP contribution in [0.15, 0.2) is 84.9 Å². The number of rotatable bonds is 6. The molecule has 5 aromatic rings. The number of aromatic nitrogens is 3. The smallest absolute Gasteiger partial charge is 0.256 e. The van der Waals surface area contributed by atoms with Gasteiger partial charge in [0, 0.05) is 34.4 Å². The van der Waals surface area contributed by atoms with E-state index in [2.05, 4.69) is 32.8 Å². The molecule has 2 aromatic heterocycles. The van der Waals surface area contributed by atoms with E-state index in [-0.39, 0.29) is 11.7 Å². The van der Waals surface area contributed by atoms with Gasteiger partial charge in [-0.25, -0.2) is 4.39 Å². The van der Waals surface area contributed by atoms with E-state index in [1.165, 1.54) is 12.1 Å². The first-order chi connectivity index (χ1) is 18.5. The van der Waals surface area contributed by atoms with Crippen LogP contribution in [0, 0.1) is 5.82 Å². The molecule has 0 atom stereocenters. The third-order valence-corrected chi connectivity index (χ3v) is 7.12. The van der Waals surface area contributed by atoms with Gasteiger partial charge in [-0.15, -0.1) is 0 Å². The minimum atomic E-state index is -0.290. The van der Waals surface area contributed by atoms with E-state index < -0.39 is 0 Å². The van der Waals surface area contributed by atoms with Crippen LogP contribution in [0.4, 0.5) is 15.9 Å². The maximum atomic E-state index is 13.6. The molecular formula is C30H29FN6O. The van der Waals surface area contributed by atoms with Crippen LogP contribution in [0.2, 0.25) is 0 Å². The Labute approximate surface area is 220 Å². The largest absolute Gasteiger partial charge is 0.382 e. The van der Waals surface area contributed by atoms with Crippen molar-refractivity contribution in [3.63, 3.8) is 0 Å². The van der Waals surface area contributed by atoms with Crippen molar-refractivity contribution in [1.82, 2.24) is 19.7 Å². The summed E-state index contributed by atoms with van der Waals surface area (Å²) in [5.41, 5.74) is 4.89. The first-order valence-electron chi connectivity index (χ1n) is 12.8. The van der Waals surface area contributed by atoms with Crippen molar-refractivity contribution in [2.24, 2.45) is 0 Å². The lowest BCUT2D eigenvalue weighted by molar-refractivity contribution is 0.102. The number of carbonyl (C=O) groups is 1. The topological polar surface area (TPSA) is 78.0 Å². The number of piperidine rings is 1. The Hall–Kier alpha value is -4.43. The first-order valence-corrected chi connectivity index (χ1v) is 12.8. The summed E-state index contributed by atoms with van der Waals surface area (Å²) in [4.78, 5) is 15.3. The van der Waals surface area contributed by atoms with Gasteiger partial charge in [-0.2, -0.15) is 5.10 Å². The number of amides is 1. The third-order valence-electron chi connectivity index (χ3n) is 7.12. The van der Waals surface area contributed by atoms with Crippen molar-refractivity contribution >= 4 is 28.3 Å². The second-order valence-electron chi connectivity index (χ2n) is 9.82. The number of hydrogen-bond donors (Lipinski definition) is 3. The Morgan fingerprint density at radius 2 is 1.71 bits per heavy atom. The molecule has 1 fully saturated rings. The number of anilines is 2. The fourth-order valence-corrected chi connectivity index (χ4v) is 5.03. The lowest BCUT2D eigenvalue weighted by atomic mass is 10.0. The van der Waals surface area contributed by atoms with E-state index in [1.54, 1.807) is 12.1 Å². The molecule has 0 bridgehead atoms. The molecule has 0 saturated carbocycles. The second kappa shape index (κ2) is 10.1. The van der Waals surface area contributed by atoms with E-state index in [0.29, 0.717) is 23.1 Å². The highest BCUT2D eigenvalue weighted by molar-refractivity contribution is 6.04. The highest BCUT2D eigenvalue weighted by atomic mass is 19.1. The molecule has 192 valence electrons. The van der Waals surface area contributed by atoms with Gasteiger partial charge in [-0.3, -0.25) is 9.89 Å². The highest BCUT2D eigenvalue weighted by Gasteiger charge is 2.18. The van der Waals surface area contributed by atoms with Gasteiger partial charge in [0.1, 0.15) is 17.3 Å². The Bertz CT molecular complexity index is 1560. The van der Waals surface area contributed by atoms with Crippen LogP contribution in [0.1, 0.15) is 23.2 Å². The first kappa shape index (κ1) is 23.9. The normalized spacial score (nSPS) is 14.6. The fraction of sp³-hybridized carbons (Fsp3) is 0.200. The van der Waals surface area contributed by atoms with Crippen LogP contribution in [0.25, 0.3) is 28.0 Å². The molecule has 1 saturated heterocycles. The average molecular weight is 509 g/mol. The minimum absolute atomic E-state index is 0.217. The van der Waals surface area contributed by atoms with E-state index in [0.717, 1.165) is 53.9 Å². The Morgan fingerprint density at radius 1 is 0.974 bits per heavy atom. The molecule has 3 N–H and O–H groups in total. The summed E-state index contributed by atoms with van der Waals surface area (Å²) >= 11 is 0. The summed E-state index contributed by atoms with van der Waals surface area (Å²) < 4.78 is 15.6. The monoisotopic (exact) mass is 508 g/mol. The quantitative estimate of drug-likeness (QED) is 0.266. The van der Waals surface area contributed by atoms with E-state index in [1.807, 2.05) is 65.2 Å². The lowest BCUT2D eigenvalue weighted by Crippen LogP contribution is -2.36. The van der Waals surface area contributed by atoms with Crippen LogP contribution in [-0.4, -0.2) is 51.8 Å². The molecule has 3 aromatic carbocycles. The van der Waals surface area contributed by atoms with E-state index in [4.69, 9.17) is 0 Å². The van der Waals surface area contributed by atoms with Crippen molar-refractivity contribution < 1.29 is 9.18 Å². The number of nitrogens with zero attached hydrogens (tertiary/aromatic N) is 3. The highest BCUT2D eigenvalue weighted by Crippen LogP contribution is 2.31. The van der Waals surface area contributed by atoms with Crippen molar-refractivity contribution in [1.29, 1.82) is 0 Å². The van der Waals surface area contributed by atoms with Crippen molar-refractivity contribution in [3.8, 4) is 17.1 Å². The molecule has 0 radical (unpaired) electrons.